The van der Waals surface area contributed by atoms with Gasteiger partial charge >= 0.3 is 0 Å². The smallest absolute Gasteiger partial charge is 0.257 e. The second-order valence-corrected chi connectivity index (χ2v) is 7.91. The van der Waals surface area contributed by atoms with Gasteiger partial charge in [-0.2, -0.15) is 5.26 Å². The summed E-state index contributed by atoms with van der Waals surface area (Å²) in [4.78, 5) is 21.7. The zero-order valence-electron chi connectivity index (χ0n) is 16.3. The minimum absolute atomic E-state index is 0.278. The summed E-state index contributed by atoms with van der Waals surface area (Å²) in [6, 6.07) is 11.7. The molecule has 1 aromatic carbocycles. The van der Waals surface area contributed by atoms with Gasteiger partial charge in [0.25, 0.3) is 5.91 Å². The van der Waals surface area contributed by atoms with E-state index in [4.69, 9.17) is 0 Å². The van der Waals surface area contributed by atoms with Crippen LogP contribution in [0.4, 0.5) is 5.69 Å². The van der Waals surface area contributed by atoms with Gasteiger partial charge in [-0.25, -0.2) is 9.97 Å². The zero-order chi connectivity index (χ0) is 20.4. The van der Waals surface area contributed by atoms with Crippen molar-refractivity contribution in [1.82, 2.24) is 14.5 Å². The predicted octanol–water partition coefficient (Wildman–Crippen LogP) is 4.36. The van der Waals surface area contributed by atoms with E-state index in [0.29, 0.717) is 27.8 Å². The maximum Gasteiger partial charge on any atom is 0.257 e. The molecule has 0 unspecified atom stereocenters. The number of thioether (sulfide) groups is 1. The highest BCUT2D eigenvalue weighted by atomic mass is 32.2. The molecule has 6 nitrogen and oxygen atoms in total. The molecular formula is C22H21N5OS. The molecule has 1 N–H and O–H groups in total. The first-order valence-electron chi connectivity index (χ1n) is 9.46. The molecule has 1 aliphatic carbocycles. The Balaban J connectivity index is 1.54. The highest BCUT2D eigenvalue weighted by Crippen LogP contribution is 2.40. The van der Waals surface area contributed by atoms with Crippen molar-refractivity contribution in [2.45, 2.75) is 37.3 Å². The zero-order valence-corrected chi connectivity index (χ0v) is 17.2. The van der Waals surface area contributed by atoms with Gasteiger partial charge in [-0.05, 0) is 49.8 Å². The van der Waals surface area contributed by atoms with Crippen LogP contribution in [0.3, 0.4) is 0 Å². The summed E-state index contributed by atoms with van der Waals surface area (Å²) in [6.07, 6.45) is 7.78. The third kappa shape index (κ3) is 4.17. The first kappa shape index (κ1) is 19.2. The maximum absolute atomic E-state index is 12.9. The van der Waals surface area contributed by atoms with Crippen molar-refractivity contribution in [3.05, 3.63) is 70.9 Å². The van der Waals surface area contributed by atoms with Crippen molar-refractivity contribution in [1.29, 1.82) is 5.26 Å². The number of amides is 1. The first-order valence-corrected chi connectivity index (χ1v) is 10.7. The van der Waals surface area contributed by atoms with E-state index in [0.717, 1.165) is 36.5 Å². The number of aromatic nitrogens is 3. The van der Waals surface area contributed by atoms with E-state index in [1.807, 2.05) is 43.6 Å². The van der Waals surface area contributed by atoms with Gasteiger partial charge in [0.05, 0.1) is 11.1 Å². The third-order valence-electron chi connectivity index (χ3n) is 5.04. The molecule has 0 bridgehead atoms. The molecule has 1 saturated carbocycles. The summed E-state index contributed by atoms with van der Waals surface area (Å²) in [6.45, 7) is 2.69. The molecule has 3 aromatic rings. The van der Waals surface area contributed by atoms with Crippen LogP contribution in [0.25, 0.3) is 0 Å². The Hall–Kier alpha value is -3.11. The van der Waals surface area contributed by atoms with Crippen LogP contribution in [0.2, 0.25) is 0 Å². The molecule has 146 valence electrons. The topological polar surface area (TPSA) is 83.6 Å². The predicted molar refractivity (Wildman–Crippen MR) is 113 cm³/mol. The molecule has 1 aliphatic rings. The molecule has 29 heavy (non-hydrogen) atoms. The fourth-order valence-electron chi connectivity index (χ4n) is 3.22. The average molecular weight is 404 g/mol. The quantitative estimate of drug-likeness (QED) is 0.618. The van der Waals surface area contributed by atoms with E-state index in [1.54, 1.807) is 12.3 Å². The van der Waals surface area contributed by atoms with Crippen LogP contribution >= 0.6 is 11.8 Å². The molecule has 0 radical (unpaired) electrons. The fourth-order valence-corrected chi connectivity index (χ4v) is 3.78. The number of nitriles is 1. The van der Waals surface area contributed by atoms with Crippen molar-refractivity contribution in [2.24, 2.45) is 0 Å². The van der Waals surface area contributed by atoms with E-state index < -0.39 is 0 Å². The van der Waals surface area contributed by atoms with Gasteiger partial charge in [0.2, 0.25) is 0 Å². The number of pyridine rings is 1. The molecule has 1 fully saturated rings. The second-order valence-electron chi connectivity index (χ2n) is 7.12. The van der Waals surface area contributed by atoms with Crippen molar-refractivity contribution in [3.63, 3.8) is 0 Å². The minimum Gasteiger partial charge on any atom is -0.331 e. The Labute approximate surface area is 174 Å². The van der Waals surface area contributed by atoms with Crippen molar-refractivity contribution < 1.29 is 4.79 Å². The lowest BCUT2D eigenvalue weighted by atomic mass is 10.1. The second kappa shape index (κ2) is 8.10. The van der Waals surface area contributed by atoms with Gasteiger partial charge in [-0.3, -0.25) is 4.79 Å². The lowest BCUT2D eigenvalue weighted by Gasteiger charge is -2.12. The lowest BCUT2D eigenvalue weighted by molar-refractivity contribution is 0.102. The summed E-state index contributed by atoms with van der Waals surface area (Å²) in [5.41, 5.74) is 3.45. The number of hydrogen-bond acceptors (Lipinski definition) is 5. The number of rotatable bonds is 6. The molecule has 1 amide bonds. The summed E-state index contributed by atoms with van der Waals surface area (Å²) in [5, 5.41) is 13.1. The lowest BCUT2D eigenvalue weighted by Crippen LogP contribution is -2.15. The van der Waals surface area contributed by atoms with E-state index >= 15 is 0 Å². The largest absolute Gasteiger partial charge is 0.331 e. The Kier molecular flexibility index (Phi) is 5.36. The van der Waals surface area contributed by atoms with E-state index in [1.165, 1.54) is 11.8 Å². The molecule has 0 saturated heterocycles. The number of nitrogens with one attached hydrogen (secondary N) is 1. The Morgan fingerprint density at radius 2 is 2.10 bits per heavy atom. The molecule has 0 atom stereocenters. The van der Waals surface area contributed by atoms with Gasteiger partial charge in [0.15, 0.2) is 0 Å². The van der Waals surface area contributed by atoms with Crippen LogP contribution in [0.1, 0.15) is 51.8 Å². The van der Waals surface area contributed by atoms with Crippen LogP contribution in [0.5, 0.6) is 0 Å². The number of nitrogens with zero attached hydrogens (tertiary/aromatic N) is 4. The van der Waals surface area contributed by atoms with Crippen LogP contribution in [-0.2, 0) is 6.54 Å². The summed E-state index contributed by atoms with van der Waals surface area (Å²) in [7, 11) is 0. The van der Waals surface area contributed by atoms with Crippen molar-refractivity contribution in [3.8, 4) is 6.07 Å². The molecule has 7 heteroatoms. The number of imidazole rings is 1. The number of aryl methyl sites for hydroxylation is 1. The van der Waals surface area contributed by atoms with Crippen LogP contribution in [0.15, 0.2) is 47.8 Å². The number of carbonyl (C=O) groups excluding carboxylic acids is 1. The van der Waals surface area contributed by atoms with Gasteiger partial charge < -0.3 is 9.88 Å². The van der Waals surface area contributed by atoms with Crippen LogP contribution in [-0.4, -0.2) is 26.7 Å². The molecule has 2 heterocycles. The summed E-state index contributed by atoms with van der Waals surface area (Å²) < 4.78 is 2.06. The fraction of sp³-hybridized carbons (Fsp3) is 0.273. The van der Waals surface area contributed by atoms with Crippen LogP contribution < -0.4 is 5.32 Å². The number of carbonyl (C=O) groups is 1. The van der Waals surface area contributed by atoms with E-state index in [9.17, 15) is 10.1 Å². The number of hydrogen-bond donors (Lipinski definition) is 1. The highest BCUT2D eigenvalue weighted by Gasteiger charge is 2.28. The standard InChI is InChI=1S/C22H21N5OS/c1-14-24-9-10-27(14)13-15-3-7-17(8-4-15)25-21(28)18-11-20(16-5-6-16)26-22(29-2)19(18)12-23/h3-4,7-11,16H,5-6,13H2,1-2H3,(H,25,28). The SMILES string of the molecule is CSc1nc(C2CC2)cc(C(=O)Nc2ccc(Cn3ccnc3C)cc2)c1C#N. The van der Waals surface area contributed by atoms with Crippen molar-refractivity contribution in [2.75, 3.05) is 11.6 Å². The summed E-state index contributed by atoms with van der Waals surface area (Å²) >= 11 is 1.40. The van der Waals surface area contributed by atoms with Gasteiger partial charge in [0.1, 0.15) is 16.9 Å². The number of anilines is 1. The molecule has 4 rings (SSSR count). The van der Waals surface area contributed by atoms with Crippen molar-refractivity contribution >= 4 is 23.4 Å². The van der Waals surface area contributed by atoms with E-state index in [2.05, 4.69) is 25.9 Å². The molecule has 0 aliphatic heterocycles. The Morgan fingerprint density at radius 1 is 1.34 bits per heavy atom. The third-order valence-corrected chi connectivity index (χ3v) is 5.72. The molecular weight excluding hydrogens is 382 g/mol. The van der Waals surface area contributed by atoms with Crippen LogP contribution in [0, 0.1) is 18.3 Å². The molecule has 0 spiro atoms. The highest BCUT2D eigenvalue weighted by molar-refractivity contribution is 7.98. The number of benzene rings is 1. The monoisotopic (exact) mass is 403 g/mol. The first-order chi connectivity index (χ1) is 14.1. The minimum atomic E-state index is -0.278. The maximum atomic E-state index is 12.9. The summed E-state index contributed by atoms with van der Waals surface area (Å²) in [5.74, 6) is 1.09. The molecule has 2 aromatic heterocycles. The Bertz CT molecular complexity index is 1090. The van der Waals surface area contributed by atoms with E-state index in [-0.39, 0.29) is 5.91 Å². The Morgan fingerprint density at radius 3 is 2.69 bits per heavy atom. The van der Waals surface area contributed by atoms with Gasteiger partial charge in [-0.15, -0.1) is 11.8 Å². The van der Waals surface area contributed by atoms with Gasteiger partial charge in [-0.1, -0.05) is 12.1 Å². The van der Waals surface area contributed by atoms with Gasteiger partial charge in [0, 0.05) is 36.2 Å². The average Bonchev–Trinajstić information content (AvgIpc) is 3.51. The normalized spacial score (nSPS) is 13.1.